The molecular formula is C10H16N2. The predicted molar refractivity (Wildman–Crippen MR) is 48.2 cm³/mol. The zero-order valence-corrected chi connectivity index (χ0v) is 7.55. The smallest absolute Gasteiger partial charge is 0.0621 e. The SMILES string of the molecule is N#CCCCCCCCCC#N. The van der Waals surface area contributed by atoms with Gasteiger partial charge < -0.3 is 0 Å². The van der Waals surface area contributed by atoms with Crippen LogP contribution in [0.25, 0.3) is 0 Å². The first kappa shape index (κ1) is 11.0. The fourth-order valence-electron chi connectivity index (χ4n) is 1.12. The first-order valence-electron chi connectivity index (χ1n) is 4.65. The Morgan fingerprint density at radius 1 is 0.583 bits per heavy atom. The maximum atomic E-state index is 8.25. The summed E-state index contributed by atoms with van der Waals surface area (Å²) in [5.41, 5.74) is 0. The van der Waals surface area contributed by atoms with Gasteiger partial charge in [-0.05, 0) is 12.8 Å². The summed E-state index contributed by atoms with van der Waals surface area (Å²) in [7, 11) is 0. The van der Waals surface area contributed by atoms with Crippen molar-refractivity contribution in [1.29, 1.82) is 10.5 Å². The Bertz CT molecular complexity index is 142. The number of nitriles is 2. The van der Waals surface area contributed by atoms with Gasteiger partial charge in [0.1, 0.15) is 0 Å². The third-order valence-electron chi connectivity index (χ3n) is 1.83. The topological polar surface area (TPSA) is 47.6 Å². The van der Waals surface area contributed by atoms with Crippen LogP contribution in [0.4, 0.5) is 0 Å². The van der Waals surface area contributed by atoms with E-state index in [1.807, 2.05) is 0 Å². The Labute approximate surface area is 74.8 Å². The fraction of sp³-hybridized carbons (Fsp3) is 0.800. The van der Waals surface area contributed by atoms with Gasteiger partial charge in [-0.25, -0.2) is 0 Å². The van der Waals surface area contributed by atoms with Crippen LogP contribution in [0.1, 0.15) is 51.4 Å². The molecule has 0 aromatic heterocycles. The molecule has 0 rings (SSSR count). The summed E-state index contributed by atoms with van der Waals surface area (Å²) in [6.07, 6.45) is 8.22. The molecule has 2 nitrogen and oxygen atoms in total. The highest BCUT2D eigenvalue weighted by atomic mass is 14.2. The zero-order chi connectivity index (χ0) is 9.07. The summed E-state index contributed by atoms with van der Waals surface area (Å²) >= 11 is 0. The van der Waals surface area contributed by atoms with E-state index < -0.39 is 0 Å². The van der Waals surface area contributed by atoms with E-state index in [-0.39, 0.29) is 0 Å². The van der Waals surface area contributed by atoms with Crippen molar-refractivity contribution in [2.75, 3.05) is 0 Å². The van der Waals surface area contributed by atoms with E-state index in [1.165, 1.54) is 25.7 Å². The highest BCUT2D eigenvalue weighted by molar-refractivity contribution is 4.69. The standard InChI is InChI=1S/C10H16N2/c11-9-7-5-3-1-2-4-6-8-10-12/h1-8H2. The Kier molecular flexibility index (Phi) is 9.13. The molecule has 0 saturated carbocycles. The van der Waals surface area contributed by atoms with Crippen molar-refractivity contribution in [3.8, 4) is 12.1 Å². The second-order valence-electron chi connectivity index (χ2n) is 2.94. The molecule has 2 heteroatoms. The van der Waals surface area contributed by atoms with Gasteiger partial charge in [0.05, 0.1) is 12.1 Å². The molecule has 0 fully saturated rings. The van der Waals surface area contributed by atoms with Crippen LogP contribution in [-0.4, -0.2) is 0 Å². The van der Waals surface area contributed by atoms with Crippen LogP contribution < -0.4 is 0 Å². The monoisotopic (exact) mass is 164 g/mol. The van der Waals surface area contributed by atoms with Crippen molar-refractivity contribution >= 4 is 0 Å². The Morgan fingerprint density at radius 2 is 0.917 bits per heavy atom. The van der Waals surface area contributed by atoms with Gasteiger partial charge in [-0.2, -0.15) is 10.5 Å². The van der Waals surface area contributed by atoms with Gasteiger partial charge in [0.25, 0.3) is 0 Å². The van der Waals surface area contributed by atoms with E-state index in [9.17, 15) is 0 Å². The largest absolute Gasteiger partial charge is 0.198 e. The van der Waals surface area contributed by atoms with Gasteiger partial charge in [-0.1, -0.05) is 25.7 Å². The first-order valence-corrected chi connectivity index (χ1v) is 4.65. The second-order valence-corrected chi connectivity index (χ2v) is 2.94. The highest BCUT2D eigenvalue weighted by Gasteiger charge is 1.90. The lowest BCUT2D eigenvalue weighted by atomic mass is 10.1. The third kappa shape index (κ3) is 8.98. The maximum Gasteiger partial charge on any atom is 0.0621 e. The molecule has 0 aliphatic rings. The average molecular weight is 164 g/mol. The molecule has 0 radical (unpaired) electrons. The predicted octanol–water partition coefficient (Wildman–Crippen LogP) is 3.15. The van der Waals surface area contributed by atoms with Gasteiger partial charge in [0, 0.05) is 12.8 Å². The lowest BCUT2D eigenvalue weighted by molar-refractivity contribution is 0.603. The van der Waals surface area contributed by atoms with Crippen molar-refractivity contribution in [2.24, 2.45) is 0 Å². The molecule has 0 atom stereocenters. The minimum atomic E-state index is 0.693. The van der Waals surface area contributed by atoms with E-state index in [0.29, 0.717) is 12.8 Å². The second kappa shape index (κ2) is 9.98. The van der Waals surface area contributed by atoms with Crippen molar-refractivity contribution in [2.45, 2.75) is 51.4 Å². The molecule has 0 saturated heterocycles. The van der Waals surface area contributed by atoms with Crippen LogP contribution in [-0.2, 0) is 0 Å². The van der Waals surface area contributed by atoms with Crippen LogP contribution in [0, 0.1) is 22.7 Å². The lowest BCUT2D eigenvalue weighted by Gasteiger charge is -1.96. The van der Waals surface area contributed by atoms with E-state index in [2.05, 4.69) is 12.1 Å². The van der Waals surface area contributed by atoms with Crippen LogP contribution in [0.15, 0.2) is 0 Å². The van der Waals surface area contributed by atoms with E-state index in [4.69, 9.17) is 10.5 Å². The Balaban J connectivity index is 2.84. The summed E-state index contributed by atoms with van der Waals surface area (Å²) in [4.78, 5) is 0. The van der Waals surface area contributed by atoms with Crippen LogP contribution in [0.2, 0.25) is 0 Å². The fourth-order valence-corrected chi connectivity index (χ4v) is 1.12. The quantitative estimate of drug-likeness (QED) is 0.542. The minimum Gasteiger partial charge on any atom is -0.198 e. The number of nitrogens with zero attached hydrogens (tertiary/aromatic N) is 2. The number of hydrogen-bond acceptors (Lipinski definition) is 2. The summed E-state index contributed by atoms with van der Waals surface area (Å²) < 4.78 is 0. The molecule has 0 N–H and O–H groups in total. The Hall–Kier alpha value is -1.02. The average Bonchev–Trinajstić information content (AvgIpc) is 2.10. The number of rotatable bonds is 7. The number of hydrogen-bond donors (Lipinski definition) is 0. The van der Waals surface area contributed by atoms with Crippen LogP contribution in [0.3, 0.4) is 0 Å². The molecule has 0 aromatic carbocycles. The molecule has 0 amide bonds. The molecule has 0 heterocycles. The highest BCUT2D eigenvalue weighted by Crippen LogP contribution is 2.07. The molecule has 66 valence electrons. The minimum absolute atomic E-state index is 0.693. The summed E-state index contributed by atoms with van der Waals surface area (Å²) in [5.74, 6) is 0. The van der Waals surface area contributed by atoms with Crippen molar-refractivity contribution in [3.63, 3.8) is 0 Å². The molecule has 0 unspecified atom stereocenters. The van der Waals surface area contributed by atoms with Crippen molar-refractivity contribution < 1.29 is 0 Å². The van der Waals surface area contributed by atoms with Crippen molar-refractivity contribution in [3.05, 3.63) is 0 Å². The van der Waals surface area contributed by atoms with E-state index in [0.717, 1.165) is 12.8 Å². The molecule has 0 bridgehead atoms. The first-order chi connectivity index (χ1) is 5.91. The lowest BCUT2D eigenvalue weighted by Crippen LogP contribution is -1.79. The van der Waals surface area contributed by atoms with Gasteiger partial charge >= 0.3 is 0 Å². The van der Waals surface area contributed by atoms with E-state index >= 15 is 0 Å². The molecule has 0 spiro atoms. The van der Waals surface area contributed by atoms with Crippen molar-refractivity contribution in [1.82, 2.24) is 0 Å². The normalized spacial score (nSPS) is 8.83. The van der Waals surface area contributed by atoms with Gasteiger partial charge in [0.2, 0.25) is 0 Å². The van der Waals surface area contributed by atoms with Gasteiger partial charge in [-0.3, -0.25) is 0 Å². The third-order valence-corrected chi connectivity index (χ3v) is 1.83. The molecule has 0 aromatic rings. The summed E-state index contributed by atoms with van der Waals surface area (Å²) in [6.45, 7) is 0. The van der Waals surface area contributed by atoms with Crippen LogP contribution in [0.5, 0.6) is 0 Å². The van der Waals surface area contributed by atoms with E-state index in [1.54, 1.807) is 0 Å². The summed E-state index contributed by atoms with van der Waals surface area (Å²) in [5, 5.41) is 16.5. The molecule has 0 aliphatic heterocycles. The molecule has 12 heavy (non-hydrogen) atoms. The Morgan fingerprint density at radius 3 is 1.25 bits per heavy atom. The maximum absolute atomic E-state index is 8.25. The zero-order valence-electron chi connectivity index (χ0n) is 7.55. The molecule has 0 aliphatic carbocycles. The van der Waals surface area contributed by atoms with Gasteiger partial charge in [0.15, 0.2) is 0 Å². The molecular weight excluding hydrogens is 148 g/mol. The van der Waals surface area contributed by atoms with Gasteiger partial charge in [-0.15, -0.1) is 0 Å². The number of unbranched alkanes of at least 4 members (excludes halogenated alkanes) is 7. The van der Waals surface area contributed by atoms with Crippen LogP contribution >= 0.6 is 0 Å². The summed E-state index contributed by atoms with van der Waals surface area (Å²) in [6, 6.07) is 4.27.